The summed E-state index contributed by atoms with van der Waals surface area (Å²) in [6, 6.07) is 5.35. The van der Waals surface area contributed by atoms with Crippen molar-refractivity contribution in [3.8, 4) is 0 Å². The van der Waals surface area contributed by atoms with Crippen molar-refractivity contribution in [2.24, 2.45) is 7.05 Å². The number of amides is 2. The number of aryl methyl sites for hydroxylation is 2. The Labute approximate surface area is 176 Å². The fourth-order valence-electron chi connectivity index (χ4n) is 4.23. The maximum Gasteiger partial charge on any atom is 0.329 e. The van der Waals surface area contributed by atoms with Gasteiger partial charge in [-0.1, -0.05) is 38.2 Å². The first-order valence-electron chi connectivity index (χ1n) is 11.0. The zero-order chi connectivity index (χ0) is 21.5. The van der Waals surface area contributed by atoms with E-state index in [2.05, 4.69) is 5.32 Å². The molecule has 1 saturated heterocycles. The van der Waals surface area contributed by atoms with Crippen LogP contribution in [0.25, 0.3) is 11.0 Å². The summed E-state index contributed by atoms with van der Waals surface area (Å²) < 4.78 is 3.10. The van der Waals surface area contributed by atoms with Gasteiger partial charge in [0.2, 0.25) is 11.8 Å². The number of imide groups is 1. The van der Waals surface area contributed by atoms with E-state index in [1.807, 2.05) is 18.2 Å². The molecule has 1 aliphatic rings. The highest BCUT2D eigenvalue weighted by Crippen LogP contribution is 2.24. The number of carbonyl (C=O) groups is 3. The first-order valence-corrected chi connectivity index (χ1v) is 11.0. The molecule has 30 heavy (non-hydrogen) atoms. The number of fused-ring (bicyclic) bond motifs is 1. The van der Waals surface area contributed by atoms with Crippen molar-refractivity contribution in [3.05, 3.63) is 34.2 Å². The standard InChI is InChI=1S/C23H31N3O4/c1-25-20-16-17(10-8-6-4-2-3-5-7-9-15-27)11-12-18(20)26(23(25)30)19-13-14-21(28)24-22(19)29/h11-12,15-16,19H,2-10,13-14H2,1H3,(H,24,28,29). The fourth-order valence-corrected chi connectivity index (χ4v) is 4.23. The van der Waals surface area contributed by atoms with E-state index in [1.54, 1.807) is 11.6 Å². The van der Waals surface area contributed by atoms with E-state index in [-0.39, 0.29) is 18.0 Å². The molecule has 1 aromatic carbocycles. The zero-order valence-electron chi connectivity index (χ0n) is 17.7. The van der Waals surface area contributed by atoms with Gasteiger partial charge in [0.1, 0.15) is 12.3 Å². The van der Waals surface area contributed by atoms with Crippen LogP contribution in [0.4, 0.5) is 0 Å². The van der Waals surface area contributed by atoms with Crippen LogP contribution in [-0.4, -0.2) is 27.2 Å². The van der Waals surface area contributed by atoms with Crippen molar-refractivity contribution in [1.82, 2.24) is 14.5 Å². The summed E-state index contributed by atoms with van der Waals surface area (Å²) in [5, 5.41) is 2.34. The maximum absolute atomic E-state index is 12.8. The number of piperidine rings is 1. The molecule has 2 amide bonds. The number of carbonyl (C=O) groups excluding carboxylic acids is 3. The van der Waals surface area contributed by atoms with Crippen LogP contribution >= 0.6 is 0 Å². The van der Waals surface area contributed by atoms with Gasteiger partial charge >= 0.3 is 5.69 Å². The molecular weight excluding hydrogens is 382 g/mol. The topological polar surface area (TPSA) is 90.2 Å². The second-order valence-corrected chi connectivity index (χ2v) is 8.18. The highest BCUT2D eigenvalue weighted by molar-refractivity contribution is 6.00. The molecule has 0 aliphatic carbocycles. The molecule has 0 bridgehead atoms. The number of rotatable bonds is 11. The van der Waals surface area contributed by atoms with Crippen molar-refractivity contribution in [2.45, 2.75) is 76.7 Å². The second kappa shape index (κ2) is 10.4. The molecule has 2 aromatic rings. The molecule has 1 atom stereocenters. The number of benzene rings is 1. The van der Waals surface area contributed by atoms with Crippen LogP contribution in [0.3, 0.4) is 0 Å². The van der Waals surface area contributed by atoms with Gasteiger partial charge in [0.15, 0.2) is 0 Å². The Bertz CT molecular complexity index is 973. The lowest BCUT2D eigenvalue weighted by Crippen LogP contribution is -2.44. The third-order valence-electron chi connectivity index (χ3n) is 5.96. The minimum atomic E-state index is -0.642. The molecule has 162 valence electrons. The first kappa shape index (κ1) is 22.0. The van der Waals surface area contributed by atoms with Crippen molar-refractivity contribution in [3.63, 3.8) is 0 Å². The third-order valence-corrected chi connectivity index (χ3v) is 5.96. The minimum Gasteiger partial charge on any atom is -0.303 e. The van der Waals surface area contributed by atoms with Crippen LogP contribution < -0.4 is 11.0 Å². The summed E-state index contributed by atoms with van der Waals surface area (Å²) in [5.41, 5.74) is 2.50. The van der Waals surface area contributed by atoms with Crippen molar-refractivity contribution in [2.75, 3.05) is 0 Å². The Kier molecular flexibility index (Phi) is 7.60. The summed E-state index contributed by atoms with van der Waals surface area (Å²) in [5.74, 6) is -0.691. The van der Waals surface area contributed by atoms with E-state index in [9.17, 15) is 19.2 Å². The summed E-state index contributed by atoms with van der Waals surface area (Å²) in [4.78, 5) is 46.8. The van der Waals surface area contributed by atoms with Crippen molar-refractivity contribution < 1.29 is 14.4 Å². The van der Waals surface area contributed by atoms with Gasteiger partial charge < -0.3 is 4.79 Å². The summed E-state index contributed by atoms with van der Waals surface area (Å²) in [7, 11) is 1.72. The predicted molar refractivity (Wildman–Crippen MR) is 115 cm³/mol. The highest BCUT2D eigenvalue weighted by Gasteiger charge is 2.31. The van der Waals surface area contributed by atoms with E-state index in [0.29, 0.717) is 12.8 Å². The summed E-state index contributed by atoms with van der Waals surface area (Å²) in [6.07, 6.45) is 11.2. The molecule has 1 aliphatic heterocycles. The predicted octanol–water partition coefficient (Wildman–Crippen LogP) is 3.18. The van der Waals surface area contributed by atoms with Crippen molar-refractivity contribution in [1.29, 1.82) is 0 Å². The summed E-state index contributed by atoms with van der Waals surface area (Å²) in [6.45, 7) is 0. The van der Waals surface area contributed by atoms with Gasteiger partial charge in [0, 0.05) is 19.9 Å². The Morgan fingerprint density at radius 3 is 2.40 bits per heavy atom. The SMILES string of the molecule is Cn1c(=O)n(C2CCC(=O)NC2=O)c2ccc(CCCCCCCCCC=O)cc21. The second-order valence-electron chi connectivity index (χ2n) is 8.18. The molecule has 1 unspecified atom stereocenters. The van der Waals surface area contributed by atoms with Gasteiger partial charge in [-0.3, -0.25) is 24.0 Å². The number of aldehydes is 1. The average Bonchev–Trinajstić information content (AvgIpc) is 2.97. The van der Waals surface area contributed by atoms with E-state index in [4.69, 9.17) is 0 Å². The van der Waals surface area contributed by atoms with Crippen molar-refractivity contribution >= 4 is 29.1 Å². The molecule has 2 heterocycles. The van der Waals surface area contributed by atoms with Crippen LogP contribution in [-0.2, 0) is 27.9 Å². The lowest BCUT2D eigenvalue weighted by atomic mass is 10.0. The lowest BCUT2D eigenvalue weighted by Gasteiger charge is -2.21. The molecule has 3 rings (SSSR count). The van der Waals surface area contributed by atoms with Crippen LogP contribution in [0.15, 0.2) is 23.0 Å². The van der Waals surface area contributed by atoms with Gasteiger partial charge in [-0.25, -0.2) is 4.79 Å². The van der Waals surface area contributed by atoms with Gasteiger partial charge in [0.05, 0.1) is 11.0 Å². The molecule has 7 heteroatoms. The average molecular weight is 414 g/mol. The van der Waals surface area contributed by atoms with E-state index >= 15 is 0 Å². The molecule has 1 fully saturated rings. The summed E-state index contributed by atoms with van der Waals surface area (Å²) >= 11 is 0. The van der Waals surface area contributed by atoms with E-state index in [1.165, 1.54) is 35.8 Å². The Morgan fingerprint density at radius 2 is 1.70 bits per heavy atom. The van der Waals surface area contributed by atoms with Crippen LogP contribution in [0.2, 0.25) is 0 Å². The molecular formula is C23H31N3O4. The molecule has 7 nitrogen and oxygen atoms in total. The largest absolute Gasteiger partial charge is 0.329 e. The molecule has 1 aromatic heterocycles. The normalized spacial score (nSPS) is 16.8. The van der Waals surface area contributed by atoms with E-state index < -0.39 is 11.9 Å². The lowest BCUT2D eigenvalue weighted by molar-refractivity contribution is -0.135. The van der Waals surface area contributed by atoms with Crippen LogP contribution in [0.5, 0.6) is 0 Å². The quantitative estimate of drug-likeness (QED) is 0.348. The van der Waals surface area contributed by atoms with Gasteiger partial charge in [-0.2, -0.15) is 0 Å². The first-order chi connectivity index (χ1) is 14.5. The van der Waals surface area contributed by atoms with Gasteiger partial charge in [-0.15, -0.1) is 0 Å². The van der Waals surface area contributed by atoms with Crippen LogP contribution in [0, 0.1) is 0 Å². The minimum absolute atomic E-state index is 0.230. The number of nitrogens with one attached hydrogen (secondary N) is 1. The number of hydrogen-bond acceptors (Lipinski definition) is 4. The van der Waals surface area contributed by atoms with Gasteiger partial charge in [-0.05, 0) is 43.4 Å². The smallest absolute Gasteiger partial charge is 0.303 e. The van der Waals surface area contributed by atoms with E-state index in [0.717, 1.165) is 43.0 Å². The highest BCUT2D eigenvalue weighted by atomic mass is 16.2. The Balaban J connectivity index is 1.60. The molecule has 0 radical (unpaired) electrons. The number of aromatic nitrogens is 2. The number of hydrogen-bond donors (Lipinski definition) is 1. The molecule has 0 saturated carbocycles. The monoisotopic (exact) mass is 413 g/mol. The molecule has 0 spiro atoms. The number of imidazole rings is 1. The number of nitrogens with zero attached hydrogens (tertiary/aromatic N) is 2. The molecule has 1 N–H and O–H groups in total. The zero-order valence-corrected chi connectivity index (χ0v) is 17.7. The number of unbranched alkanes of at least 4 members (excludes halogenated alkanes) is 7. The maximum atomic E-state index is 12.8. The third kappa shape index (κ3) is 5.07. The fraction of sp³-hybridized carbons (Fsp3) is 0.565. The Morgan fingerprint density at radius 1 is 1.00 bits per heavy atom. The van der Waals surface area contributed by atoms with Gasteiger partial charge in [0.25, 0.3) is 0 Å². The van der Waals surface area contributed by atoms with Crippen LogP contribution in [0.1, 0.15) is 75.8 Å². The Hall–Kier alpha value is -2.70.